The zero-order valence-electron chi connectivity index (χ0n) is 16.1. The summed E-state index contributed by atoms with van der Waals surface area (Å²) in [5.74, 6) is 0.0666. The van der Waals surface area contributed by atoms with Crippen molar-refractivity contribution in [2.24, 2.45) is 0 Å². The SMILES string of the molecule is COc1ccc(C(=O)Nc2nc(C(=O)Nc3c(C)cc(C)cc3C)cs2)cc1. The summed E-state index contributed by atoms with van der Waals surface area (Å²) in [6.45, 7) is 5.93. The van der Waals surface area contributed by atoms with E-state index in [4.69, 9.17) is 4.74 Å². The quantitative estimate of drug-likeness (QED) is 0.663. The van der Waals surface area contributed by atoms with Crippen molar-refractivity contribution in [3.8, 4) is 5.75 Å². The lowest BCUT2D eigenvalue weighted by molar-refractivity contribution is 0.101. The number of benzene rings is 2. The number of rotatable bonds is 5. The standard InChI is InChI=1S/C21H21N3O3S/c1-12-9-13(2)18(14(3)10-12)23-20(26)17-11-28-21(22-17)24-19(25)15-5-7-16(27-4)8-6-15/h5-11H,1-4H3,(H,23,26)(H,22,24,25). The van der Waals surface area contributed by atoms with Crippen LogP contribution in [0.5, 0.6) is 5.75 Å². The second-order valence-electron chi connectivity index (χ2n) is 6.45. The Morgan fingerprint density at radius 3 is 2.21 bits per heavy atom. The molecule has 2 N–H and O–H groups in total. The van der Waals surface area contributed by atoms with Crippen molar-refractivity contribution in [2.75, 3.05) is 17.7 Å². The minimum Gasteiger partial charge on any atom is -0.497 e. The van der Waals surface area contributed by atoms with Crippen LogP contribution in [0, 0.1) is 20.8 Å². The Hall–Kier alpha value is -3.19. The number of hydrogen-bond acceptors (Lipinski definition) is 5. The Morgan fingerprint density at radius 1 is 0.964 bits per heavy atom. The maximum absolute atomic E-state index is 12.5. The zero-order chi connectivity index (χ0) is 20.3. The highest BCUT2D eigenvalue weighted by atomic mass is 32.1. The summed E-state index contributed by atoms with van der Waals surface area (Å²) in [7, 11) is 1.57. The molecule has 2 amide bonds. The number of amides is 2. The summed E-state index contributed by atoms with van der Waals surface area (Å²) in [6.07, 6.45) is 0. The molecule has 7 heteroatoms. The molecular formula is C21H21N3O3S. The van der Waals surface area contributed by atoms with Crippen molar-refractivity contribution in [1.29, 1.82) is 0 Å². The number of aromatic nitrogens is 1. The average molecular weight is 395 g/mol. The van der Waals surface area contributed by atoms with Gasteiger partial charge in [-0.1, -0.05) is 17.7 Å². The van der Waals surface area contributed by atoms with Crippen molar-refractivity contribution < 1.29 is 14.3 Å². The van der Waals surface area contributed by atoms with Gasteiger partial charge in [-0.15, -0.1) is 11.3 Å². The van der Waals surface area contributed by atoms with E-state index in [0.717, 1.165) is 22.4 Å². The Labute approximate surface area is 167 Å². The van der Waals surface area contributed by atoms with Crippen LogP contribution in [0.15, 0.2) is 41.8 Å². The van der Waals surface area contributed by atoms with E-state index in [0.29, 0.717) is 16.4 Å². The number of methoxy groups -OCH3 is 1. The fourth-order valence-electron chi connectivity index (χ4n) is 2.90. The van der Waals surface area contributed by atoms with Crippen LogP contribution in [0.2, 0.25) is 0 Å². The van der Waals surface area contributed by atoms with E-state index in [1.165, 1.54) is 11.3 Å². The van der Waals surface area contributed by atoms with Crippen molar-refractivity contribution in [1.82, 2.24) is 4.98 Å². The third-order valence-corrected chi connectivity index (χ3v) is 4.98. The number of nitrogens with one attached hydrogen (secondary N) is 2. The third-order valence-electron chi connectivity index (χ3n) is 4.23. The van der Waals surface area contributed by atoms with Crippen molar-refractivity contribution in [3.63, 3.8) is 0 Å². The average Bonchev–Trinajstić information content (AvgIpc) is 3.13. The maximum Gasteiger partial charge on any atom is 0.275 e. The Morgan fingerprint density at radius 2 is 1.61 bits per heavy atom. The number of thiazole rings is 1. The van der Waals surface area contributed by atoms with E-state index in [9.17, 15) is 9.59 Å². The first-order chi connectivity index (χ1) is 13.4. The number of carbonyl (C=O) groups excluding carboxylic acids is 2. The molecule has 144 valence electrons. The van der Waals surface area contributed by atoms with Gasteiger partial charge < -0.3 is 10.1 Å². The van der Waals surface area contributed by atoms with E-state index in [-0.39, 0.29) is 17.5 Å². The second kappa shape index (κ2) is 8.22. The molecule has 1 aromatic heterocycles. The number of hydrogen-bond donors (Lipinski definition) is 2. The lowest BCUT2D eigenvalue weighted by atomic mass is 10.1. The Bertz CT molecular complexity index is 1000. The molecule has 0 spiro atoms. The molecule has 0 aliphatic rings. The summed E-state index contributed by atoms with van der Waals surface area (Å²) < 4.78 is 5.08. The van der Waals surface area contributed by atoms with Gasteiger partial charge in [0.2, 0.25) is 0 Å². The number of ether oxygens (including phenoxy) is 1. The van der Waals surface area contributed by atoms with Gasteiger partial charge in [-0.25, -0.2) is 4.98 Å². The van der Waals surface area contributed by atoms with Crippen LogP contribution in [0.25, 0.3) is 0 Å². The molecule has 0 radical (unpaired) electrons. The normalized spacial score (nSPS) is 10.4. The van der Waals surface area contributed by atoms with Gasteiger partial charge in [0, 0.05) is 16.6 Å². The molecular weight excluding hydrogens is 374 g/mol. The van der Waals surface area contributed by atoms with Gasteiger partial charge in [-0.2, -0.15) is 0 Å². The molecule has 0 bridgehead atoms. The van der Waals surface area contributed by atoms with E-state index in [2.05, 4.69) is 15.6 Å². The monoisotopic (exact) mass is 395 g/mol. The molecule has 0 saturated heterocycles. The third kappa shape index (κ3) is 4.37. The van der Waals surface area contributed by atoms with Crippen molar-refractivity contribution >= 4 is 34.0 Å². The molecule has 0 atom stereocenters. The minimum atomic E-state index is -0.309. The predicted octanol–water partition coefficient (Wildman–Crippen LogP) is 4.58. The fraction of sp³-hybridized carbons (Fsp3) is 0.190. The van der Waals surface area contributed by atoms with Crippen LogP contribution in [0.3, 0.4) is 0 Å². The fourth-order valence-corrected chi connectivity index (χ4v) is 3.59. The molecule has 3 aromatic rings. The van der Waals surface area contributed by atoms with Crippen molar-refractivity contribution in [3.05, 3.63) is 69.7 Å². The summed E-state index contributed by atoms with van der Waals surface area (Å²) in [5, 5.41) is 7.61. The lowest BCUT2D eigenvalue weighted by Gasteiger charge is -2.11. The molecule has 1 heterocycles. The maximum atomic E-state index is 12.5. The highest BCUT2D eigenvalue weighted by Crippen LogP contribution is 2.24. The number of anilines is 2. The molecule has 2 aromatic carbocycles. The zero-order valence-corrected chi connectivity index (χ0v) is 16.9. The summed E-state index contributed by atoms with van der Waals surface area (Å²) in [5.41, 5.74) is 4.66. The van der Waals surface area contributed by atoms with Crippen LogP contribution in [-0.4, -0.2) is 23.9 Å². The lowest BCUT2D eigenvalue weighted by Crippen LogP contribution is -2.15. The van der Waals surface area contributed by atoms with Crippen LogP contribution >= 0.6 is 11.3 Å². The van der Waals surface area contributed by atoms with Gasteiger partial charge in [-0.3, -0.25) is 14.9 Å². The molecule has 0 aliphatic carbocycles. The first-order valence-corrected chi connectivity index (χ1v) is 9.55. The first kappa shape index (κ1) is 19.6. The van der Waals surface area contributed by atoms with Crippen LogP contribution in [-0.2, 0) is 0 Å². The Balaban J connectivity index is 1.69. The number of aryl methyl sites for hydroxylation is 3. The van der Waals surface area contributed by atoms with Crippen LogP contribution in [0.4, 0.5) is 10.8 Å². The molecule has 6 nitrogen and oxygen atoms in total. The molecule has 0 saturated carbocycles. The van der Waals surface area contributed by atoms with Gasteiger partial charge in [0.25, 0.3) is 11.8 Å². The van der Waals surface area contributed by atoms with E-state index >= 15 is 0 Å². The van der Waals surface area contributed by atoms with Gasteiger partial charge in [0.15, 0.2) is 5.13 Å². The minimum absolute atomic E-state index is 0.259. The van der Waals surface area contributed by atoms with E-state index in [1.54, 1.807) is 36.8 Å². The largest absolute Gasteiger partial charge is 0.497 e. The number of carbonyl (C=O) groups is 2. The van der Waals surface area contributed by atoms with Crippen LogP contribution < -0.4 is 15.4 Å². The highest BCUT2D eigenvalue weighted by Gasteiger charge is 2.15. The summed E-state index contributed by atoms with van der Waals surface area (Å²) in [6, 6.07) is 10.8. The topological polar surface area (TPSA) is 80.3 Å². The van der Waals surface area contributed by atoms with Crippen LogP contribution in [0.1, 0.15) is 37.5 Å². The van der Waals surface area contributed by atoms with Gasteiger partial charge in [0.05, 0.1) is 7.11 Å². The Kier molecular flexibility index (Phi) is 5.75. The summed E-state index contributed by atoms with van der Waals surface area (Å²) in [4.78, 5) is 29.1. The smallest absolute Gasteiger partial charge is 0.275 e. The molecule has 3 rings (SSSR count). The number of nitrogens with zero attached hydrogens (tertiary/aromatic N) is 1. The summed E-state index contributed by atoms with van der Waals surface area (Å²) >= 11 is 1.20. The predicted molar refractivity (Wildman–Crippen MR) is 112 cm³/mol. The van der Waals surface area contributed by atoms with Crippen molar-refractivity contribution in [2.45, 2.75) is 20.8 Å². The molecule has 0 unspecified atom stereocenters. The van der Waals surface area contributed by atoms with Gasteiger partial charge in [-0.05, 0) is 56.2 Å². The second-order valence-corrected chi connectivity index (χ2v) is 7.31. The van der Waals surface area contributed by atoms with Gasteiger partial charge in [0.1, 0.15) is 11.4 Å². The highest BCUT2D eigenvalue weighted by molar-refractivity contribution is 7.14. The molecule has 0 aliphatic heterocycles. The van der Waals surface area contributed by atoms with E-state index in [1.807, 2.05) is 32.9 Å². The first-order valence-electron chi connectivity index (χ1n) is 8.67. The van der Waals surface area contributed by atoms with E-state index < -0.39 is 0 Å². The molecule has 0 fully saturated rings. The van der Waals surface area contributed by atoms with Gasteiger partial charge >= 0.3 is 0 Å². The molecule has 28 heavy (non-hydrogen) atoms.